The maximum atomic E-state index is 12.0. The number of hydrogen-bond donors (Lipinski definition) is 3. The van der Waals surface area contributed by atoms with Gasteiger partial charge in [-0.2, -0.15) is 0 Å². The van der Waals surface area contributed by atoms with E-state index in [4.69, 9.17) is 5.11 Å². The maximum Gasteiger partial charge on any atom is 0.326 e. The van der Waals surface area contributed by atoms with Crippen LogP contribution in [-0.2, 0) is 19.4 Å². The average Bonchev–Trinajstić information content (AvgIpc) is 2.32. The minimum atomic E-state index is -3.25. The fourth-order valence-electron chi connectivity index (χ4n) is 2.25. The highest BCUT2D eigenvalue weighted by molar-refractivity contribution is 7.90. The van der Waals surface area contributed by atoms with Gasteiger partial charge in [0.05, 0.1) is 5.75 Å². The summed E-state index contributed by atoms with van der Waals surface area (Å²) in [6.07, 6.45) is 2.25. The van der Waals surface area contributed by atoms with Crippen molar-refractivity contribution < 1.29 is 23.1 Å². The third-order valence-corrected chi connectivity index (χ3v) is 4.36. The second kappa shape index (κ2) is 7.03. The molecule has 0 aliphatic carbocycles. The summed E-state index contributed by atoms with van der Waals surface area (Å²) in [5.74, 6) is -1.98. The molecule has 1 heterocycles. The Morgan fingerprint density at radius 3 is 2.60 bits per heavy atom. The lowest BCUT2D eigenvalue weighted by atomic mass is 9.92. The fraction of sp³-hybridized carbons (Fsp3) is 0.833. The number of nitrogens with one attached hydrogen (secondary N) is 2. The van der Waals surface area contributed by atoms with E-state index in [1.54, 1.807) is 0 Å². The summed E-state index contributed by atoms with van der Waals surface area (Å²) >= 11 is 0. The van der Waals surface area contributed by atoms with Crippen LogP contribution < -0.4 is 10.6 Å². The summed E-state index contributed by atoms with van der Waals surface area (Å²) in [5.41, 5.74) is 0. The van der Waals surface area contributed by atoms with Gasteiger partial charge >= 0.3 is 5.97 Å². The minimum absolute atomic E-state index is 0.111. The van der Waals surface area contributed by atoms with Crippen molar-refractivity contribution in [2.45, 2.75) is 38.3 Å². The fourth-order valence-corrected chi connectivity index (χ4v) is 2.91. The Kier molecular flexibility index (Phi) is 5.94. The molecule has 3 atom stereocenters. The molecule has 0 aromatic carbocycles. The predicted molar refractivity (Wildman–Crippen MR) is 74.1 cm³/mol. The lowest BCUT2D eigenvalue weighted by molar-refractivity contribution is -0.142. The Bertz CT molecular complexity index is 462. The molecule has 20 heavy (non-hydrogen) atoms. The smallest absolute Gasteiger partial charge is 0.326 e. The van der Waals surface area contributed by atoms with Gasteiger partial charge in [-0.3, -0.25) is 4.79 Å². The van der Waals surface area contributed by atoms with Crippen LogP contribution in [0.1, 0.15) is 26.2 Å². The Balaban J connectivity index is 2.56. The molecule has 3 N–H and O–H groups in total. The third kappa shape index (κ3) is 5.87. The van der Waals surface area contributed by atoms with Gasteiger partial charge in [-0.05, 0) is 32.7 Å². The van der Waals surface area contributed by atoms with E-state index in [9.17, 15) is 18.0 Å². The van der Waals surface area contributed by atoms with Gasteiger partial charge in [0, 0.05) is 18.2 Å². The van der Waals surface area contributed by atoms with Gasteiger partial charge in [-0.15, -0.1) is 0 Å². The molecule has 0 radical (unpaired) electrons. The van der Waals surface area contributed by atoms with E-state index in [0.29, 0.717) is 12.8 Å². The van der Waals surface area contributed by atoms with E-state index in [-0.39, 0.29) is 30.0 Å². The highest BCUT2D eigenvalue weighted by Crippen LogP contribution is 2.16. The van der Waals surface area contributed by atoms with E-state index in [2.05, 4.69) is 10.6 Å². The van der Waals surface area contributed by atoms with Gasteiger partial charge in [-0.25, -0.2) is 13.2 Å². The van der Waals surface area contributed by atoms with E-state index in [0.717, 1.165) is 12.8 Å². The van der Waals surface area contributed by atoms with Crippen LogP contribution in [-0.4, -0.2) is 56.0 Å². The largest absolute Gasteiger partial charge is 0.480 e. The quantitative estimate of drug-likeness (QED) is 0.603. The lowest BCUT2D eigenvalue weighted by Gasteiger charge is -2.28. The Morgan fingerprint density at radius 2 is 2.10 bits per heavy atom. The van der Waals surface area contributed by atoms with Crippen LogP contribution in [0.3, 0.4) is 0 Å². The monoisotopic (exact) mass is 306 g/mol. The van der Waals surface area contributed by atoms with Crippen LogP contribution in [0.4, 0.5) is 0 Å². The number of carbonyl (C=O) groups excluding carboxylic acids is 1. The van der Waals surface area contributed by atoms with Crippen LogP contribution in [0.2, 0.25) is 0 Å². The number of carboxylic acid groups (broad SMARTS) is 1. The Morgan fingerprint density at radius 1 is 1.45 bits per heavy atom. The van der Waals surface area contributed by atoms with Crippen LogP contribution in [0.25, 0.3) is 0 Å². The number of rotatable bonds is 6. The van der Waals surface area contributed by atoms with E-state index < -0.39 is 21.8 Å². The topological polar surface area (TPSA) is 113 Å². The highest BCUT2D eigenvalue weighted by atomic mass is 32.2. The standard InChI is InChI=1S/C12H22N2O5S/c1-8-7-9(3-5-13-8)11(15)14-10(12(16)17)4-6-20(2,18)19/h8-10,13H,3-7H2,1-2H3,(H,14,15)(H,16,17). The molecule has 1 saturated heterocycles. The van der Waals surface area contributed by atoms with Crippen molar-refractivity contribution >= 4 is 21.7 Å². The Labute approximate surface area is 119 Å². The molecule has 0 aromatic heterocycles. The van der Waals surface area contributed by atoms with Crippen LogP contribution in [0.15, 0.2) is 0 Å². The van der Waals surface area contributed by atoms with Crippen molar-refractivity contribution in [2.24, 2.45) is 5.92 Å². The number of sulfone groups is 1. The molecule has 0 bridgehead atoms. The van der Waals surface area contributed by atoms with Gasteiger partial charge in [0.1, 0.15) is 15.9 Å². The molecule has 1 fully saturated rings. The number of carboxylic acids is 1. The predicted octanol–water partition coefficient (Wildman–Crippen LogP) is -0.621. The molecule has 0 aromatic rings. The van der Waals surface area contributed by atoms with E-state index in [1.165, 1.54) is 0 Å². The summed E-state index contributed by atoms with van der Waals surface area (Å²) in [7, 11) is -3.25. The lowest BCUT2D eigenvalue weighted by Crippen LogP contribution is -2.48. The average molecular weight is 306 g/mol. The van der Waals surface area contributed by atoms with Gasteiger partial charge in [0.25, 0.3) is 0 Å². The molecule has 1 rings (SSSR count). The van der Waals surface area contributed by atoms with Gasteiger partial charge in [0.15, 0.2) is 0 Å². The van der Waals surface area contributed by atoms with Crippen molar-refractivity contribution in [3.63, 3.8) is 0 Å². The van der Waals surface area contributed by atoms with Crippen LogP contribution >= 0.6 is 0 Å². The molecular weight excluding hydrogens is 284 g/mol. The number of piperidine rings is 1. The normalized spacial score (nSPS) is 24.9. The summed E-state index contributed by atoms with van der Waals surface area (Å²) in [4.78, 5) is 23.1. The maximum absolute atomic E-state index is 12.0. The van der Waals surface area contributed by atoms with Crippen LogP contribution in [0.5, 0.6) is 0 Å². The summed E-state index contributed by atoms with van der Waals surface area (Å²) in [6, 6.07) is -0.929. The van der Waals surface area contributed by atoms with Gasteiger partial charge in [0.2, 0.25) is 5.91 Å². The van der Waals surface area contributed by atoms with Gasteiger partial charge < -0.3 is 15.7 Å². The SMILES string of the molecule is CC1CC(C(=O)NC(CCS(C)(=O)=O)C(=O)O)CCN1. The first kappa shape index (κ1) is 16.9. The minimum Gasteiger partial charge on any atom is -0.480 e. The van der Waals surface area contributed by atoms with Crippen molar-refractivity contribution in [1.29, 1.82) is 0 Å². The summed E-state index contributed by atoms with van der Waals surface area (Å²) in [6.45, 7) is 2.69. The van der Waals surface area contributed by atoms with Crippen LogP contribution in [0, 0.1) is 5.92 Å². The van der Waals surface area contributed by atoms with Crippen molar-refractivity contribution in [3.05, 3.63) is 0 Å². The van der Waals surface area contributed by atoms with Gasteiger partial charge in [-0.1, -0.05) is 0 Å². The molecular formula is C12H22N2O5S. The first-order chi connectivity index (χ1) is 9.19. The van der Waals surface area contributed by atoms with Crippen molar-refractivity contribution in [3.8, 4) is 0 Å². The summed E-state index contributed by atoms with van der Waals surface area (Å²) < 4.78 is 22.1. The zero-order valence-electron chi connectivity index (χ0n) is 11.8. The highest BCUT2D eigenvalue weighted by Gasteiger charge is 2.28. The molecule has 7 nitrogen and oxygen atoms in total. The molecule has 116 valence electrons. The zero-order chi connectivity index (χ0) is 15.3. The van der Waals surface area contributed by atoms with Crippen molar-refractivity contribution in [1.82, 2.24) is 10.6 Å². The van der Waals surface area contributed by atoms with E-state index in [1.807, 2.05) is 6.92 Å². The molecule has 0 saturated carbocycles. The molecule has 3 unspecified atom stereocenters. The molecule has 0 spiro atoms. The second-order valence-electron chi connectivity index (χ2n) is 5.39. The first-order valence-corrected chi connectivity index (χ1v) is 8.69. The van der Waals surface area contributed by atoms with E-state index >= 15 is 0 Å². The summed E-state index contributed by atoms with van der Waals surface area (Å²) in [5, 5.41) is 14.7. The second-order valence-corrected chi connectivity index (χ2v) is 7.65. The molecule has 1 aliphatic rings. The molecule has 1 amide bonds. The molecule has 1 aliphatic heterocycles. The first-order valence-electron chi connectivity index (χ1n) is 6.63. The number of hydrogen-bond acceptors (Lipinski definition) is 5. The number of carbonyl (C=O) groups is 2. The number of aliphatic carboxylic acids is 1. The Hall–Kier alpha value is -1.15. The third-order valence-electron chi connectivity index (χ3n) is 3.39. The molecule has 8 heteroatoms. The van der Waals surface area contributed by atoms with Crippen molar-refractivity contribution in [2.75, 3.05) is 18.6 Å². The number of amides is 1. The zero-order valence-corrected chi connectivity index (χ0v) is 12.6.